The van der Waals surface area contributed by atoms with Gasteiger partial charge in [-0.1, -0.05) is 66.0 Å². The third-order valence-corrected chi connectivity index (χ3v) is 3.53. The zero-order valence-corrected chi connectivity index (χ0v) is 17.8. The molecule has 0 amide bonds. The van der Waals surface area contributed by atoms with E-state index in [1.807, 2.05) is 39.8 Å². The monoisotopic (exact) mass is 369 g/mol. The van der Waals surface area contributed by atoms with Crippen LogP contribution in [0.5, 0.6) is 0 Å². The van der Waals surface area contributed by atoms with Crippen molar-refractivity contribution in [1.82, 2.24) is 20.4 Å². The summed E-state index contributed by atoms with van der Waals surface area (Å²) in [4.78, 5) is 7.05. The summed E-state index contributed by atoms with van der Waals surface area (Å²) in [6.07, 6.45) is 10.1. The van der Waals surface area contributed by atoms with Gasteiger partial charge in [0.25, 0.3) is 0 Å². The van der Waals surface area contributed by atoms with Crippen molar-refractivity contribution in [2.75, 3.05) is 18.0 Å². The number of pyridine rings is 1. The Labute approximate surface area is 164 Å². The second kappa shape index (κ2) is 14.5. The summed E-state index contributed by atoms with van der Waals surface area (Å²) >= 11 is 0. The first kappa shape index (κ1) is 24.3. The van der Waals surface area contributed by atoms with E-state index >= 15 is 0 Å². The first-order valence-corrected chi connectivity index (χ1v) is 9.82. The summed E-state index contributed by atoms with van der Waals surface area (Å²) in [7, 11) is 0. The highest BCUT2D eigenvalue weighted by atomic mass is 15.3. The van der Waals surface area contributed by atoms with Gasteiger partial charge in [0.05, 0.1) is 11.5 Å². The van der Waals surface area contributed by atoms with Gasteiger partial charge in [-0.3, -0.25) is 0 Å². The van der Waals surface area contributed by atoms with E-state index in [4.69, 9.17) is 4.98 Å². The molecule has 0 atom stereocenters. The number of H-pyrrole nitrogens is 1. The Bertz CT molecular complexity index is 776. The highest BCUT2D eigenvalue weighted by molar-refractivity contribution is 5.66. The molecule has 0 aliphatic rings. The molecular weight excluding hydrogens is 334 g/mol. The standard InChI is InChI=1S/C18H23N5.2C2H6/c1-5-9-14-15(17-13-19-22-21-17)12-18(20-16(14)10-6-2)23(8-4)11-7-3;2*1-2/h5-6,9-10,12-13H,1-2,7-8,11H2,3-4H3,(H,19,21,22);2*1-2H3/b14-9-,16-10+;;. The van der Waals surface area contributed by atoms with Crippen LogP contribution in [0, 0.1) is 0 Å². The zero-order chi connectivity index (χ0) is 20.7. The van der Waals surface area contributed by atoms with Crippen molar-refractivity contribution >= 4 is 18.0 Å². The summed E-state index contributed by atoms with van der Waals surface area (Å²) in [5.41, 5.74) is 1.76. The van der Waals surface area contributed by atoms with E-state index in [9.17, 15) is 0 Å². The number of nitrogens with one attached hydrogen (secondary N) is 1. The highest BCUT2D eigenvalue weighted by Crippen LogP contribution is 2.16. The molecular formula is C22H35N5. The van der Waals surface area contributed by atoms with Gasteiger partial charge in [-0.05, 0) is 25.5 Å². The van der Waals surface area contributed by atoms with Crippen LogP contribution in [-0.4, -0.2) is 33.5 Å². The predicted molar refractivity (Wildman–Crippen MR) is 119 cm³/mol. The quantitative estimate of drug-likeness (QED) is 0.799. The molecule has 0 bridgehead atoms. The van der Waals surface area contributed by atoms with Gasteiger partial charge in [0, 0.05) is 23.9 Å². The molecule has 0 radical (unpaired) electrons. The van der Waals surface area contributed by atoms with Crippen LogP contribution in [-0.2, 0) is 0 Å². The van der Waals surface area contributed by atoms with E-state index in [1.54, 1.807) is 18.3 Å². The van der Waals surface area contributed by atoms with Gasteiger partial charge in [0.1, 0.15) is 11.5 Å². The SMILES string of the molecule is C=C/C=c1/c(-c2cn[nH]n2)cc(N(CC)CCC)n/c1=C/C=C.CC.CC. The van der Waals surface area contributed by atoms with Crippen molar-refractivity contribution in [3.8, 4) is 11.3 Å². The lowest BCUT2D eigenvalue weighted by atomic mass is 10.1. The van der Waals surface area contributed by atoms with Gasteiger partial charge >= 0.3 is 0 Å². The second-order valence-electron chi connectivity index (χ2n) is 5.07. The Hall–Kier alpha value is -2.69. The molecule has 2 aromatic rings. The van der Waals surface area contributed by atoms with Crippen molar-refractivity contribution in [2.45, 2.75) is 48.0 Å². The maximum absolute atomic E-state index is 4.80. The van der Waals surface area contributed by atoms with Crippen molar-refractivity contribution < 1.29 is 0 Å². The minimum Gasteiger partial charge on any atom is -0.357 e. The fourth-order valence-electron chi connectivity index (χ4n) is 2.50. The van der Waals surface area contributed by atoms with Crippen LogP contribution in [0.15, 0.2) is 37.6 Å². The molecule has 0 aliphatic carbocycles. The second-order valence-corrected chi connectivity index (χ2v) is 5.07. The van der Waals surface area contributed by atoms with Crippen LogP contribution in [0.3, 0.4) is 0 Å². The Balaban J connectivity index is 0.00000158. The molecule has 148 valence electrons. The van der Waals surface area contributed by atoms with Crippen LogP contribution in [0.2, 0.25) is 0 Å². The number of hydrogen-bond acceptors (Lipinski definition) is 4. The van der Waals surface area contributed by atoms with E-state index in [0.717, 1.165) is 47.2 Å². The maximum Gasteiger partial charge on any atom is 0.129 e. The van der Waals surface area contributed by atoms with E-state index in [0.29, 0.717) is 0 Å². The fraction of sp³-hybridized carbons (Fsp3) is 0.409. The largest absolute Gasteiger partial charge is 0.357 e. The lowest BCUT2D eigenvalue weighted by Crippen LogP contribution is -2.34. The molecule has 0 fully saturated rings. The molecule has 0 aliphatic heterocycles. The van der Waals surface area contributed by atoms with Crippen LogP contribution >= 0.6 is 0 Å². The van der Waals surface area contributed by atoms with Crippen molar-refractivity contribution in [3.63, 3.8) is 0 Å². The number of allylic oxidation sites excluding steroid dienone is 2. The van der Waals surface area contributed by atoms with Crippen molar-refractivity contribution in [1.29, 1.82) is 0 Å². The normalized spacial score (nSPS) is 11.0. The minimum atomic E-state index is 0.785. The van der Waals surface area contributed by atoms with Crippen molar-refractivity contribution in [3.05, 3.63) is 48.1 Å². The Morgan fingerprint density at radius 3 is 2.22 bits per heavy atom. The summed E-state index contributed by atoms with van der Waals surface area (Å²) in [6.45, 7) is 21.8. The minimum absolute atomic E-state index is 0.785. The number of aromatic amines is 1. The first-order chi connectivity index (χ1) is 13.2. The Morgan fingerprint density at radius 1 is 1.07 bits per heavy atom. The van der Waals surface area contributed by atoms with Crippen LogP contribution in [0.4, 0.5) is 5.82 Å². The summed E-state index contributed by atoms with van der Waals surface area (Å²) in [5.74, 6) is 0.932. The molecule has 27 heavy (non-hydrogen) atoms. The Morgan fingerprint density at radius 2 is 1.74 bits per heavy atom. The number of anilines is 1. The molecule has 2 aromatic heterocycles. The van der Waals surface area contributed by atoms with Gasteiger partial charge < -0.3 is 4.90 Å². The van der Waals surface area contributed by atoms with E-state index < -0.39 is 0 Å². The van der Waals surface area contributed by atoms with Gasteiger partial charge in [-0.25, -0.2) is 4.98 Å². The van der Waals surface area contributed by atoms with Crippen LogP contribution in [0.25, 0.3) is 23.4 Å². The summed E-state index contributed by atoms with van der Waals surface area (Å²) < 4.78 is 0. The van der Waals surface area contributed by atoms with Gasteiger partial charge in [0.15, 0.2) is 0 Å². The van der Waals surface area contributed by atoms with E-state index in [-0.39, 0.29) is 0 Å². The molecule has 5 heteroatoms. The predicted octanol–water partition coefficient (Wildman–Crippen LogP) is 4.09. The fourth-order valence-corrected chi connectivity index (χ4v) is 2.50. The topological polar surface area (TPSA) is 57.7 Å². The van der Waals surface area contributed by atoms with Gasteiger partial charge in [0.2, 0.25) is 0 Å². The molecule has 0 saturated heterocycles. The third-order valence-electron chi connectivity index (χ3n) is 3.53. The molecule has 2 rings (SSSR count). The maximum atomic E-state index is 4.80. The third kappa shape index (κ3) is 6.85. The molecule has 5 nitrogen and oxygen atoms in total. The van der Waals surface area contributed by atoms with Gasteiger partial charge in [-0.15, -0.1) is 0 Å². The van der Waals surface area contributed by atoms with E-state index in [1.165, 1.54) is 0 Å². The molecule has 0 aromatic carbocycles. The zero-order valence-electron chi connectivity index (χ0n) is 17.8. The molecule has 2 heterocycles. The highest BCUT2D eigenvalue weighted by Gasteiger charge is 2.11. The number of aromatic nitrogens is 4. The average molecular weight is 370 g/mol. The number of rotatable bonds is 7. The summed E-state index contributed by atoms with van der Waals surface area (Å²) in [5, 5.41) is 12.6. The molecule has 1 N–H and O–H groups in total. The number of hydrogen-bond donors (Lipinski definition) is 1. The Kier molecular flexibility index (Phi) is 13.0. The van der Waals surface area contributed by atoms with Gasteiger partial charge in [-0.2, -0.15) is 15.4 Å². The first-order valence-electron chi connectivity index (χ1n) is 9.82. The lowest BCUT2D eigenvalue weighted by Gasteiger charge is -2.22. The summed E-state index contributed by atoms with van der Waals surface area (Å²) in [6, 6.07) is 2.06. The van der Waals surface area contributed by atoms with Crippen molar-refractivity contribution in [2.24, 2.45) is 0 Å². The molecule has 0 spiro atoms. The van der Waals surface area contributed by atoms with E-state index in [2.05, 4.69) is 53.4 Å². The number of nitrogens with zero attached hydrogens (tertiary/aromatic N) is 4. The van der Waals surface area contributed by atoms with Crippen LogP contribution < -0.4 is 15.5 Å². The molecule has 0 saturated carbocycles. The molecule has 0 unspecified atom stereocenters. The smallest absolute Gasteiger partial charge is 0.129 e. The average Bonchev–Trinajstić information content (AvgIpc) is 3.25. The lowest BCUT2D eigenvalue weighted by molar-refractivity contribution is 0.776. The van der Waals surface area contributed by atoms with Crippen LogP contribution in [0.1, 0.15) is 48.0 Å².